The molecule has 1 rings (SSSR count). The van der Waals surface area contributed by atoms with Crippen LogP contribution in [-0.4, -0.2) is 36.2 Å². The van der Waals surface area contributed by atoms with Crippen molar-refractivity contribution in [2.24, 2.45) is 0 Å². The molecular weight excluding hydrogens is 209 g/mol. The van der Waals surface area contributed by atoms with E-state index in [0.717, 1.165) is 12.8 Å². The number of halogens is 3. The molecule has 1 saturated heterocycles. The number of likely N-dealkylation sites (tertiary alicyclic amines) is 1. The Balaban J connectivity index is 2.46. The van der Waals surface area contributed by atoms with Crippen LogP contribution < -0.4 is 5.32 Å². The van der Waals surface area contributed by atoms with Gasteiger partial charge in [-0.25, -0.2) is 5.32 Å². The van der Waals surface area contributed by atoms with Crippen LogP contribution in [0.15, 0.2) is 0 Å². The summed E-state index contributed by atoms with van der Waals surface area (Å²) in [5.74, 6) is -0.149. The Kier molecular flexibility index (Phi) is 3.96. The Bertz CT molecular complexity index is 230. The van der Waals surface area contributed by atoms with Crippen LogP contribution in [-0.2, 0) is 4.79 Å². The van der Waals surface area contributed by atoms with Gasteiger partial charge in [0, 0.05) is 26.1 Å². The molecule has 1 heterocycles. The summed E-state index contributed by atoms with van der Waals surface area (Å²) in [5, 5.41) is 1.48. The zero-order valence-electron chi connectivity index (χ0n) is 8.60. The van der Waals surface area contributed by atoms with Gasteiger partial charge in [0.05, 0.1) is 0 Å². The van der Waals surface area contributed by atoms with Crippen LogP contribution in [0.2, 0.25) is 0 Å². The predicted molar refractivity (Wildman–Crippen MR) is 49.1 cm³/mol. The van der Waals surface area contributed by atoms with E-state index in [1.807, 2.05) is 0 Å². The molecule has 1 fully saturated rings. The molecule has 0 saturated carbocycles. The summed E-state index contributed by atoms with van der Waals surface area (Å²) in [6, 6.07) is -0.321. The fourth-order valence-corrected chi connectivity index (χ4v) is 1.86. The van der Waals surface area contributed by atoms with Crippen LogP contribution in [0.4, 0.5) is 13.2 Å². The van der Waals surface area contributed by atoms with Crippen molar-refractivity contribution in [2.45, 2.75) is 38.5 Å². The van der Waals surface area contributed by atoms with Gasteiger partial charge in [-0.15, -0.1) is 0 Å². The first-order chi connectivity index (χ1) is 6.90. The van der Waals surface area contributed by atoms with Crippen molar-refractivity contribution in [3.05, 3.63) is 0 Å². The molecule has 0 radical (unpaired) electrons. The number of amides is 1. The lowest BCUT2D eigenvalue weighted by atomic mass is 10.0. The maximum atomic E-state index is 11.9. The van der Waals surface area contributed by atoms with Crippen molar-refractivity contribution in [1.82, 2.24) is 10.2 Å². The lowest BCUT2D eigenvalue weighted by Gasteiger charge is -2.35. The van der Waals surface area contributed by atoms with Gasteiger partial charge in [-0.3, -0.25) is 4.79 Å². The quantitative estimate of drug-likeness (QED) is 0.721. The van der Waals surface area contributed by atoms with Crippen molar-refractivity contribution in [1.29, 1.82) is 0 Å². The van der Waals surface area contributed by atoms with Gasteiger partial charge in [-0.1, -0.05) is 0 Å². The highest BCUT2D eigenvalue weighted by Gasteiger charge is 2.31. The van der Waals surface area contributed by atoms with Gasteiger partial charge in [0.1, 0.15) is 0 Å². The van der Waals surface area contributed by atoms with Crippen LogP contribution in [0, 0.1) is 0 Å². The average Bonchev–Trinajstić information content (AvgIpc) is 2.14. The summed E-state index contributed by atoms with van der Waals surface area (Å²) in [5.41, 5.74) is 0. The van der Waals surface area contributed by atoms with E-state index >= 15 is 0 Å². The monoisotopic (exact) mass is 224 g/mol. The van der Waals surface area contributed by atoms with Crippen molar-refractivity contribution in [2.75, 3.05) is 13.1 Å². The van der Waals surface area contributed by atoms with Gasteiger partial charge in [-0.2, -0.15) is 13.2 Å². The molecule has 0 aliphatic carbocycles. The van der Waals surface area contributed by atoms with Crippen LogP contribution in [0.5, 0.6) is 0 Å². The number of nitrogens with one attached hydrogen (secondary N) is 1. The molecule has 6 heteroatoms. The standard InChI is InChI=1S/C9H15F3N2O/c1-7(15)14-5-3-2-4-8(14)6-13-9(10,11)12/h8,13H,2-6H2,1H3/t8-/m0/s1. The Labute approximate surface area is 86.6 Å². The van der Waals surface area contributed by atoms with Gasteiger partial charge < -0.3 is 4.90 Å². The highest BCUT2D eigenvalue weighted by molar-refractivity contribution is 5.73. The minimum atomic E-state index is -4.36. The normalized spacial score (nSPS) is 22.9. The second-order valence-electron chi connectivity index (χ2n) is 3.74. The fraction of sp³-hybridized carbons (Fsp3) is 0.889. The maximum absolute atomic E-state index is 11.9. The molecule has 88 valence electrons. The lowest BCUT2D eigenvalue weighted by Crippen LogP contribution is -2.50. The first kappa shape index (κ1) is 12.3. The minimum Gasteiger partial charge on any atom is -0.339 e. The largest absolute Gasteiger partial charge is 0.457 e. The predicted octanol–water partition coefficient (Wildman–Crippen LogP) is 1.50. The minimum absolute atomic E-state index is 0.149. The van der Waals surface area contributed by atoms with E-state index in [1.54, 1.807) is 0 Å². The van der Waals surface area contributed by atoms with Gasteiger partial charge in [0.15, 0.2) is 0 Å². The number of hydrogen-bond acceptors (Lipinski definition) is 2. The van der Waals surface area contributed by atoms with Crippen molar-refractivity contribution < 1.29 is 18.0 Å². The highest BCUT2D eigenvalue weighted by Crippen LogP contribution is 2.18. The van der Waals surface area contributed by atoms with Crippen molar-refractivity contribution >= 4 is 5.91 Å². The van der Waals surface area contributed by atoms with Gasteiger partial charge in [-0.05, 0) is 19.3 Å². The number of carbonyl (C=O) groups is 1. The summed E-state index contributed by atoms with van der Waals surface area (Å²) in [6.07, 6.45) is -1.96. The number of carbonyl (C=O) groups excluding carboxylic acids is 1. The molecule has 1 N–H and O–H groups in total. The molecule has 1 aliphatic heterocycles. The number of alkyl halides is 3. The molecule has 0 aromatic carbocycles. The molecule has 0 unspecified atom stereocenters. The van der Waals surface area contributed by atoms with Crippen molar-refractivity contribution in [3.63, 3.8) is 0 Å². The van der Waals surface area contributed by atoms with E-state index < -0.39 is 6.30 Å². The van der Waals surface area contributed by atoms with E-state index in [0.29, 0.717) is 13.0 Å². The summed E-state index contributed by atoms with van der Waals surface area (Å²) in [6.45, 7) is 1.76. The fourth-order valence-electron chi connectivity index (χ4n) is 1.86. The molecule has 1 atom stereocenters. The summed E-state index contributed by atoms with van der Waals surface area (Å²) in [7, 11) is 0. The van der Waals surface area contributed by atoms with E-state index in [9.17, 15) is 18.0 Å². The topological polar surface area (TPSA) is 32.3 Å². The Morgan fingerprint density at radius 3 is 2.67 bits per heavy atom. The molecule has 0 bridgehead atoms. The molecule has 15 heavy (non-hydrogen) atoms. The lowest BCUT2D eigenvalue weighted by molar-refractivity contribution is -0.161. The van der Waals surface area contributed by atoms with Crippen molar-refractivity contribution in [3.8, 4) is 0 Å². The van der Waals surface area contributed by atoms with E-state index in [2.05, 4.69) is 0 Å². The average molecular weight is 224 g/mol. The molecule has 3 nitrogen and oxygen atoms in total. The highest BCUT2D eigenvalue weighted by atomic mass is 19.4. The summed E-state index contributed by atoms with van der Waals surface area (Å²) in [4.78, 5) is 12.7. The van der Waals surface area contributed by atoms with E-state index in [1.165, 1.54) is 17.1 Å². The zero-order valence-corrected chi connectivity index (χ0v) is 8.60. The Morgan fingerprint density at radius 2 is 2.13 bits per heavy atom. The van der Waals surface area contributed by atoms with Crippen LogP contribution >= 0.6 is 0 Å². The molecule has 1 amide bonds. The number of hydrogen-bond donors (Lipinski definition) is 1. The van der Waals surface area contributed by atoms with E-state index in [-0.39, 0.29) is 18.5 Å². The number of rotatable bonds is 2. The first-order valence-electron chi connectivity index (χ1n) is 4.99. The van der Waals surface area contributed by atoms with Gasteiger partial charge in [0.2, 0.25) is 5.91 Å². The van der Waals surface area contributed by atoms with Crippen LogP contribution in [0.1, 0.15) is 26.2 Å². The molecule has 0 aromatic heterocycles. The molecular formula is C9H15F3N2O. The Hall–Kier alpha value is -0.780. The van der Waals surface area contributed by atoms with Crippen LogP contribution in [0.25, 0.3) is 0 Å². The summed E-state index contributed by atoms with van der Waals surface area (Å²) >= 11 is 0. The zero-order chi connectivity index (χ0) is 11.5. The smallest absolute Gasteiger partial charge is 0.339 e. The Morgan fingerprint density at radius 1 is 1.47 bits per heavy atom. The third-order valence-electron chi connectivity index (χ3n) is 2.57. The van der Waals surface area contributed by atoms with Gasteiger partial charge in [0.25, 0.3) is 0 Å². The number of piperidine rings is 1. The van der Waals surface area contributed by atoms with Gasteiger partial charge >= 0.3 is 6.30 Å². The molecule has 0 aromatic rings. The number of nitrogens with zero attached hydrogens (tertiary/aromatic N) is 1. The SMILES string of the molecule is CC(=O)N1CCCC[C@H]1CNC(F)(F)F. The molecule has 1 aliphatic rings. The van der Waals surface area contributed by atoms with Crippen LogP contribution in [0.3, 0.4) is 0 Å². The third kappa shape index (κ3) is 4.07. The third-order valence-corrected chi connectivity index (χ3v) is 2.57. The summed E-state index contributed by atoms with van der Waals surface area (Å²) < 4.78 is 35.8. The second kappa shape index (κ2) is 4.83. The maximum Gasteiger partial charge on any atom is 0.457 e. The first-order valence-corrected chi connectivity index (χ1v) is 4.99. The second-order valence-corrected chi connectivity index (χ2v) is 3.74. The molecule has 0 spiro atoms. The van der Waals surface area contributed by atoms with E-state index in [4.69, 9.17) is 0 Å².